The Morgan fingerprint density at radius 2 is 2.23 bits per heavy atom. The SMILES string of the molecule is Cc1ccc(C2CCCCC2=O)o1. The van der Waals surface area contributed by atoms with Gasteiger partial charge in [0.15, 0.2) is 0 Å². The highest BCUT2D eigenvalue weighted by Crippen LogP contribution is 2.30. The summed E-state index contributed by atoms with van der Waals surface area (Å²) in [5.41, 5.74) is 0. The molecular weight excluding hydrogens is 164 g/mol. The van der Waals surface area contributed by atoms with E-state index in [0.29, 0.717) is 5.78 Å². The Bertz CT molecular complexity index is 312. The van der Waals surface area contributed by atoms with Crippen LogP contribution in [0, 0.1) is 6.92 Å². The second kappa shape index (κ2) is 3.36. The molecule has 0 radical (unpaired) electrons. The Labute approximate surface area is 77.9 Å². The lowest BCUT2D eigenvalue weighted by atomic mass is 9.86. The number of carbonyl (C=O) groups excluding carboxylic acids is 1. The van der Waals surface area contributed by atoms with Crippen molar-refractivity contribution in [3.63, 3.8) is 0 Å². The van der Waals surface area contributed by atoms with Crippen LogP contribution in [0.2, 0.25) is 0 Å². The van der Waals surface area contributed by atoms with Gasteiger partial charge in [0.1, 0.15) is 17.3 Å². The number of aryl methyl sites for hydroxylation is 1. The van der Waals surface area contributed by atoms with Gasteiger partial charge >= 0.3 is 0 Å². The lowest BCUT2D eigenvalue weighted by Crippen LogP contribution is -2.16. The molecule has 0 spiro atoms. The maximum absolute atomic E-state index is 11.5. The summed E-state index contributed by atoms with van der Waals surface area (Å²) < 4.78 is 5.47. The maximum atomic E-state index is 11.5. The largest absolute Gasteiger partial charge is 0.466 e. The van der Waals surface area contributed by atoms with Crippen LogP contribution >= 0.6 is 0 Å². The van der Waals surface area contributed by atoms with E-state index in [-0.39, 0.29) is 5.92 Å². The van der Waals surface area contributed by atoms with Gasteiger partial charge in [-0.3, -0.25) is 4.79 Å². The fourth-order valence-electron chi connectivity index (χ4n) is 1.92. The first-order chi connectivity index (χ1) is 6.27. The van der Waals surface area contributed by atoms with Gasteiger partial charge in [-0.1, -0.05) is 6.42 Å². The third kappa shape index (κ3) is 1.67. The van der Waals surface area contributed by atoms with Crippen LogP contribution in [0.3, 0.4) is 0 Å². The first-order valence-corrected chi connectivity index (χ1v) is 4.86. The average molecular weight is 178 g/mol. The molecule has 1 aromatic rings. The van der Waals surface area contributed by atoms with Gasteiger partial charge in [-0.2, -0.15) is 0 Å². The number of furan rings is 1. The summed E-state index contributed by atoms with van der Waals surface area (Å²) in [7, 11) is 0. The lowest BCUT2D eigenvalue weighted by molar-refractivity contribution is -0.122. The molecule has 0 aliphatic heterocycles. The van der Waals surface area contributed by atoms with E-state index in [1.54, 1.807) is 0 Å². The Morgan fingerprint density at radius 3 is 2.85 bits per heavy atom. The van der Waals surface area contributed by atoms with Crippen LogP contribution in [0.25, 0.3) is 0 Å². The Hall–Kier alpha value is -1.05. The van der Waals surface area contributed by atoms with E-state index in [1.807, 2.05) is 19.1 Å². The van der Waals surface area contributed by atoms with Crippen molar-refractivity contribution >= 4 is 5.78 Å². The van der Waals surface area contributed by atoms with Gasteiger partial charge in [-0.05, 0) is 31.9 Å². The Balaban J connectivity index is 2.19. The minimum absolute atomic E-state index is 0.0439. The van der Waals surface area contributed by atoms with Crippen LogP contribution in [0.15, 0.2) is 16.5 Å². The molecule has 1 aromatic heterocycles. The normalized spacial score (nSPS) is 23.5. The standard InChI is InChI=1S/C11H14O2/c1-8-6-7-11(13-8)9-4-2-3-5-10(9)12/h6-7,9H,2-5H2,1H3. The number of hydrogen-bond acceptors (Lipinski definition) is 2. The highest BCUT2D eigenvalue weighted by atomic mass is 16.3. The summed E-state index contributed by atoms with van der Waals surface area (Å²) in [6.07, 6.45) is 3.89. The summed E-state index contributed by atoms with van der Waals surface area (Å²) in [4.78, 5) is 11.5. The quantitative estimate of drug-likeness (QED) is 0.662. The number of hydrogen-bond donors (Lipinski definition) is 0. The van der Waals surface area contributed by atoms with E-state index in [4.69, 9.17) is 4.42 Å². The third-order valence-electron chi connectivity index (χ3n) is 2.66. The summed E-state index contributed by atoms with van der Waals surface area (Å²) in [6.45, 7) is 1.91. The average Bonchev–Trinajstić information content (AvgIpc) is 2.53. The number of Topliss-reactive ketones (excluding diaryl/α,β-unsaturated/α-hetero) is 1. The van der Waals surface area contributed by atoms with E-state index in [0.717, 1.165) is 37.2 Å². The predicted octanol–water partition coefficient (Wildman–Crippen LogP) is 2.81. The molecule has 2 rings (SSSR count). The first kappa shape index (κ1) is 8.54. The van der Waals surface area contributed by atoms with Gasteiger partial charge in [0.2, 0.25) is 0 Å². The van der Waals surface area contributed by atoms with Crippen molar-refractivity contribution in [2.45, 2.75) is 38.5 Å². The van der Waals surface area contributed by atoms with Crippen LogP contribution in [0.4, 0.5) is 0 Å². The van der Waals surface area contributed by atoms with Gasteiger partial charge in [0, 0.05) is 6.42 Å². The fourth-order valence-corrected chi connectivity index (χ4v) is 1.92. The molecule has 1 atom stereocenters. The molecule has 0 N–H and O–H groups in total. The van der Waals surface area contributed by atoms with Crippen LogP contribution in [0.1, 0.15) is 43.1 Å². The molecule has 2 nitrogen and oxygen atoms in total. The number of rotatable bonds is 1. The number of ketones is 1. The van der Waals surface area contributed by atoms with E-state index >= 15 is 0 Å². The molecule has 1 fully saturated rings. The van der Waals surface area contributed by atoms with Crippen molar-refractivity contribution in [3.8, 4) is 0 Å². The van der Waals surface area contributed by atoms with Gasteiger partial charge in [-0.15, -0.1) is 0 Å². The predicted molar refractivity (Wildman–Crippen MR) is 49.7 cm³/mol. The zero-order chi connectivity index (χ0) is 9.26. The molecular formula is C11H14O2. The molecule has 13 heavy (non-hydrogen) atoms. The smallest absolute Gasteiger partial charge is 0.143 e. The van der Waals surface area contributed by atoms with Crippen LogP contribution in [-0.2, 0) is 4.79 Å². The van der Waals surface area contributed by atoms with Crippen molar-refractivity contribution in [2.75, 3.05) is 0 Å². The lowest BCUT2D eigenvalue weighted by Gasteiger charge is -2.17. The highest BCUT2D eigenvalue weighted by molar-refractivity contribution is 5.85. The Morgan fingerprint density at radius 1 is 1.38 bits per heavy atom. The second-order valence-electron chi connectivity index (χ2n) is 3.71. The van der Waals surface area contributed by atoms with Gasteiger partial charge < -0.3 is 4.42 Å². The number of carbonyl (C=O) groups is 1. The van der Waals surface area contributed by atoms with Crippen molar-refractivity contribution < 1.29 is 9.21 Å². The first-order valence-electron chi connectivity index (χ1n) is 4.86. The summed E-state index contributed by atoms with van der Waals surface area (Å²) >= 11 is 0. The molecule has 1 aliphatic carbocycles. The van der Waals surface area contributed by atoms with Gasteiger partial charge in [-0.25, -0.2) is 0 Å². The summed E-state index contributed by atoms with van der Waals surface area (Å²) in [6, 6.07) is 3.86. The van der Waals surface area contributed by atoms with Crippen LogP contribution in [-0.4, -0.2) is 5.78 Å². The molecule has 1 saturated carbocycles. The minimum Gasteiger partial charge on any atom is -0.466 e. The van der Waals surface area contributed by atoms with E-state index < -0.39 is 0 Å². The Kier molecular flexibility index (Phi) is 2.21. The third-order valence-corrected chi connectivity index (χ3v) is 2.66. The molecule has 70 valence electrons. The zero-order valence-corrected chi connectivity index (χ0v) is 7.88. The zero-order valence-electron chi connectivity index (χ0n) is 7.88. The molecule has 1 unspecified atom stereocenters. The van der Waals surface area contributed by atoms with Crippen molar-refractivity contribution in [1.82, 2.24) is 0 Å². The molecule has 0 saturated heterocycles. The highest BCUT2D eigenvalue weighted by Gasteiger charge is 2.25. The fraction of sp³-hybridized carbons (Fsp3) is 0.545. The van der Waals surface area contributed by atoms with Gasteiger partial charge in [0.05, 0.1) is 5.92 Å². The molecule has 1 heterocycles. The molecule has 2 heteroatoms. The monoisotopic (exact) mass is 178 g/mol. The van der Waals surface area contributed by atoms with Crippen LogP contribution < -0.4 is 0 Å². The molecule has 0 amide bonds. The maximum Gasteiger partial charge on any atom is 0.143 e. The van der Waals surface area contributed by atoms with Crippen molar-refractivity contribution in [1.29, 1.82) is 0 Å². The second-order valence-corrected chi connectivity index (χ2v) is 3.71. The molecule has 0 aromatic carbocycles. The summed E-state index contributed by atoms with van der Waals surface area (Å²) in [5.74, 6) is 2.15. The van der Waals surface area contributed by atoms with E-state index in [2.05, 4.69) is 0 Å². The minimum atomic E-state index is 0.0439. The van der Waals surface area contributed by atoms with Crippen molar-refractivity contribution in [3.05, 3.63) is 23.7 Å². The van der Waals surface area contributed by atoms with Crippen molar-refractivity contribution in [2.24, 2.45) is 0 Å². The summed E-state index contributed by atoms with van der Waals surface area (Å²) in [5, 5.41) is 0. The van der Waals surface area contributed by atoms with E-state index in [1.165, 1.54) is 0 Å². The molecule has 1 aliphatic rings. The molecule has 0 bridgehead atoms. The van der Waals surface area contributed by atoms with Gasteiger partial charge in [0.25, 0.3) is 0 Å². The van der Waals surface area contributed by atoms with Crippen LogP contribution in [0.5, 0.6) is 0 Å². The topological polar surface area (TPSA) is 30.2 Å². The van der Waals surface area contributed by atoms with E-state index in [9.17, 15) is 4.79 Å².